The highest BCUT2D eigenvalue weighted by Crippen LogP contribution is 2.25. The van der Waals surface area contributed by atoms with Crippen molar-refractivity contribution in [3.05, 3.63) is 30.1 Å². The molecule has 2 unspecified atom stereocenters. The van der Waals surface area contributed by atoms with Crippen LogP contribution in [0.5, 0.6) is 0 Å². The number of carbonyl (C=O) groups is 2. The van der Waals surface area contributed by atoms with Gasteiger partial charge in [-0.15, -0.1) is 0 Å². The summed E-state index contributed by atoms with van der Waals surface area (Å²) in [5.74, 6) is -0.746. The van der Waals surface area contributed by atoms with E-state index < -0.39 is 12.1 Å². The van der Waals surface area contributed by atoms with Crippen molar-refractivity contribution in [2.24, 2.45) is 5.92 Å². The van der Waals surface area contributed by atoms with E-state index in [0.717, 1.165) is 0 Å². The molecule has 0 saturated carbocycles. The molecule has 2 amide bonds. The van der Waals surface area contributed by atoms with Gasteiger partial charge in [0.05, 0.1) is 0 Å². The fourth-order valence-corrected chi connectivity index (χ4v) is 2.31. The third kappa shape index (κ3) is 2.45. The Hall–Kier alpha value is -1.91. The maximum absolute atomic E-state index is 13.0. The van der Waals surface area contributed by atoms with Crippen molar-refractivity contribution < 1.29 is 14.0 Å². The summed E-state index contributed by atoms with van der Waals surface area (Å²) in [6, 6.07) is 4.50. The van der Waals surface area contributed by atoms with E-state index in [0.29, 0.717) is 5.69 Å². The normalized spacial score (nSPS) is 23.7. The van der Waals surface area contributed by atoms with Gasteiger partial charge in [0.1, 0.15) is 17.9 Å². The lowest BCUT2D eigenvalue weighted by atomic mass is 9.96. The predicted octanol–water partition coefficient (Wildman–Crippen LogP) is 1.70. The minimum atomic E-state index is -0.562. The van der Waals surface area contributed by atoms with E-state index in [1.54, 1.807) is 6.92 Å². The second-order valence-corrected chi connectivity index (χ2v) is 5.10. The minimum absolute atomic E-state index is 0.0264. The van der Waals surface area contributed by atoms with Crippen LogP contribution in [0, 0.1) is 11.7 Å². The molecule has 1 saturated heterocycles. The first kappa shape index (κ1) is 13.5. The first-order valence-electron chi connectivity index (χ1n) is 6.31. The molecule has 1 aliphatic heterocycles. The van der Waals surface area contributed by atoms with Crippen molar-refractivity contribution in [1.29, 1.82) is 0 Å². The van der Waals surface area contributed by atoms with Crippen LogP contribution in [0.1, 0.15) is 20.8 Å². The average molecular weight is 264 g/mol. The van der Waals surface area contributed by atoms with Crippen LogP contribution in [-0.4, -0.2) is 23.9 Å². The van der Waals surface area contributed by atoms with Gasteiger partial charge in [-0.3, -0.25) is 14.5 Å². The molecule has 102 valence electrons. The predicted molar refractivity (Wildman–Crippen MR) is 70.1 cm³/mol. The highest BCUT2D eigenvalue weighted by molar-refractivity contribution is 6.08. The van der Waals surface area contributed by atoms with E-state index in [4.69, 9.17) is 0 Å². The molecule has 1 aromatic rings. The summed E-state index contributed by atoms with van der Waals surface area (Å²) in [7, 11) is 0. The number of benzene rings is 1. The minimum Gasteiger partial charge on any atom is -0.343 e. The molecule has 5 heteroatoms. The number of rotatable bonds is 2. The molecule has 1 aliphatic rings. The Morgan fingerprint density at radius 2 is 1.79 bits per heavy atom. The summed E-state index contributed by atoms with van der Waals surface area (Å²) in [6.45, 7) is 5.40. The fraction of sp³-hybridized carbons (Fsp3) is 0.429. The molecular weight excluding hydrogens is 247 g/mol. The number of hydrogen-bond acceptors (Lipinski definition) is 2. The van der Waals surface area contributed by atoms with Gasteiger partial charge < -0.3 is 5.32 Å². The van der Waals surface area contributed by atoms with Crippen LogP contribution in [0.3, 0.4) is 0 Å². The Bertz CT molecular complexity index is 499. The average Bonchev–Trinajstić information content (AvgIpc) is 2.34. The molecule has 4 nitrogen and oxygen atoms in total. The number of nitrogens with one attached hydrogen (secondary N) is 1. The van der Waals surface area contributed by atoms with E-state index in [9.17, 15) is 14.0 Å². The van der Waals surface area contributed by atoms with Crippen LogP contribution < -0.4 is 10.2 Å². The smallest absolute Gasteiger partial charge is 0.250 e. The Kier molecular flexibility index (Phi) is 3.55. The zero-order valence-corrected chi connectivity index (χ0v) is 11.2. The molecule has 0 bridgehead atoms. The van der Waals surface area contributed by atoms with Gasteiger partial charge in [-0.25, -0.2) is 4.39 Å². The number of nitrogens with zero attached hydrogens (tertiary/aromatic N) is 1. The summed E-state index contributed by atoms with van der Waals surface area (Å²) < 4.78 is 13.0. The maximum atomic E-state index is 13.0. The van der Waals surface area contributed by atoms with E-state index in [2.05, 4.69) is 5.32 Å². The number of hydrogen-bond donors (Lipinski definition) is 1. The largest absolute Gasteiger partial charge is 0.343 e. The summed E-state index contributed by atoms with van der Waals surface area (Å²) >= 11 is 0. The highest BCUT2D eigenvalue weighted by atomic mass is 19.1. The molecule has 2 rings (SSSR count). The van der Waals surface area contributed by atoms with Gasteiger partial charge in [-0.1, -0.05) is 13.8 Å². The standard InChI is InChI=1S/C14H17FN2O2/c1-8(2)12-13(18)16-9(3)14(19)17(12)11-6-4-10(15)5-7-11/h4-9,12H,1-3H3,(H,16,18). The van der Waals surface area contributed by atoms with Crippen LogP contribution >= 0.6 is 0 Å². The zero-order valence-electron chi connectivity index (χ0n) is 11.2. The van der Waals surface area contributed by atoms with E-state index >= 15 is 0 Å². The Morgan fingerprint density at radius 1 is 1.21 bits per heavy atom. The quantitative estimate of drug-likeness (QED) is 0.884. The van der Waals surface area contributed by atoms with Crippen molar-refractivity contribution >= 4 is 17.5 Å². The first-order chi connectivity index (χ1) is 8.91. The lowest BCUT2D eigenvalue weighted by Gasteiger charge is -2.39. The molecular formula is C14H17FN2O2. The molecule has 1 heterocycles. The molecule has 0 radical (unpaired) electrons. The Morgan fingerprint density at radius 3 is 2.32 bits per heavy atom. The Labute approximate surface area is 111 Å². The van der Waals surface area contributed by atoms with Crippen LogP contribution in [0.2, 0.25) is 0 Å². The maximum Gasteiger partial charge on any atom is 0.250 e. The van der Waals surface area contributed by atoms with Crippen molar-refractivity contribution in [2.45, 2.75) is 32.9 Å². The van der Waals surface area contributed by atoms with Crippen molar-refractivity contribution in [3.8, 4) is 0 Å². The fourth-order valence-electron chi connectivity index (χ4n) is 2.31. The molecule has 1 fully saturated rings. The van der Waals surface area contributed by atoms with E-state index in [1.165, 1.54) is 29.2 Å². The Balaban J connectivity index is 2.44. The number of anilines is 1. The molecule has 1 N–H and O–H groups in total. The highest BCUT2D eigenvalue weighted by Gasteiger charge is 2.40. The van der Waals surface area contributed by atoms with Gasteiger partial charge in [0, 0.05) is 5.69 Å². The van der Waals surface area contributed by atoms with E-state index in [-0.39, 0.29) is 23.5 Å². The topological polar surface area (TPSA) is 49.4 Å². The zero-order chi connectivity index (χ0) is 14.2. The van der Waals surface area contributed by atoms with Crippen LogP contribution in [0.4, 0.5) is 10.1 Å². The second kappa shape index (κ2) is 4.99. The lowest BCUT2D eigenvalue weighted by molar-refractivity contribution is -0.134. The lowest BCUT2D eigenvalue weighted by Crippen LogP contribution is -2.64. The molecule has 0 aromatic heterocycles. The van der Waals surface area contributed by atoms with Crippen LogP contribution in [0.25, 0.3) is 0 Å². The summed E-state index contributed by atoms with van der Waals surface area (Å²) in [5.41, 5.74) is 0.548. The molecule has 0 aliphatic carbocycles. The van der Waals surface area contributed by atoms with Gasteiger partial charge in [0.25, 0.3) is 0 Å². The van der Waals surface area contributed by atoms with Gasteiger partial charge in [-0.2, -0.15) is 0 Å². The van der Waals surface area contributed by atoms with Gasteiger partial charge in [0.2, 0.25) is 11.8 Å². The van der Waals surface area contributed by atoms with Gasteiger partial charge in [0.15, 0.2) is 0 Å². The molecule has 0 spiro atoms. The number of carbonyl (C=O) groups excluding carboxylic acids is 2. The number of halogens is 1. The van der Waals surface area contributed by atoms with Gasteiger partial charge in [-0.05, 0) is 37.1 Å². The first-order valence-corrected chi connectivity index (χ1v) is 6.31. The summed E-state index contributed by atoms with van der Waals surface area (Å²) in [6.07, 6.45) is 0. The summed E-state index contributed by atoms with van der Waals surface area (Å²) in [4.78, 5) is 25.8. The molecule has 19 heavy (non-hydrogen) atoms. The van der Waals surface area contributed by atoms with E-state index in [1.807, 2.05) is 13.8 Å². The third-order valence-electron chi connectivity index (χ3n) is 3.25. The monoisotopic (exact) mass is 264 g/mol. The number of amides is 2. The SMILES string of the molecule is CC1NC(=O)C(C(C)C)N(c2ccc(F)cc2)C1=O. The summed E-state index contributed by atoms with van der Waals surface area (Å²) in [5, 5.41) is 2.67. The molecule has 2 atom stereocenters. The van der Waals surface area contributed by atoms with Crippen LogP contribution in [-0.2, 0) is 9.59 Å². The van der Waals surface area contributed by atoms with Crippen LogP contribution in [0.15, 0.2) is 24.3 Å². The van der Waals surface area contributed by atoms with Gasteiger partial charge >= 0.3 is 0 Å². The van der Waals surface area contributed by atoms with Crippen molar-refractivity contribution in [2.75, 3.05) is 4.90 Å². The second-order valence-electron chi connectivity index (χ2n) is 5.10. The number of piperazine rings is 1. The third-order valence-corrected chi connectivity index (χ3v) is 3.25. The molecule has 1 aromatic carbocycles. The van der Waals surface area contributed by atoms with Crippen molar-refractivity contribution in [1.82, 2.24) is 5.32 Å². The van der Waals surface area contributed by atoms with Crippen molar-refractivity contribution in [3.63, 3.8) is 0 Å².